The smallest absolute Gasteiger partial charge is 0.257 e. The molecule has 0 unspecified atom stereocenters. The van der Waals surface area contributed by atoms with Crippen LogP contribution in [-0.2, 0) is 17.8 Å². The maximum Gasteiger partial charge on any atom is 0.257 e. The number of carbonyl (C=O) groups is 2. The van der Waals surface area contributed by atoms with E-state index in [4.69, 9.17) is 0 Å². The Morgan fingerprint density at radius 2 is 1.61 bits per heavy atom. The van der Waals surface area contributed by atoms with Gasteiger partial charge in [-0.25, -0.2) is 8.78 Å². The summed E-state index contributed by atoms with van der Waals surface area (Å²) >= 11 is 0. The number of rotatable bonds is 9. The third-order valence-corrected chi connectivity index (χ3v) is 6.26. The Balaban J connectivity index is 1.55. The van der Waals surface area contributed by atoms with Gasteiger partial charge in [0.2, 0.25) is 5.91 Å². The molecule has 4 aromatic rings. The molecule has 0 spiro atoms. The van der Waals surface area contributed by atoms with Gasteiger partial charge in [-0.15, -0.1) is 0 Å². The van der Waals surface area contributed by atoms with Gasteiger partial charge in [-0.1, -0.05) is 42.5 Å². The van der Waals surface area contributed by atoms with Crippen molar-refractivity contribution in [2.45, 2.75) is 32.9 Å². The molecule has 3 aromatic carbocycles. The van der Waals surface area contributed by atoms with E-state index in [1.165, 1.54) is 35.2 Å². The SMILES string of the molecule is CC(C)N(CC(=O)N(CCc1c[nH]c2ccccc12)Cc1ccc(F)cc1)C(=O)c1ccccc1F. The lowest BCUT2D eigenvalue weighted by Gasteiger charge is -2.30. The summed E-state index contributed by atoms with van der Waals surface area (Å²) in [4.78, 5) is 32.9. The summed E-state index contributed by atoms with van der Waals surface area (Å²) in [5.41, 5.74) is 2.80. The molecule has 0 radical (unpaired) electrons. The topological polar surface area (TPSA) is 56.4 Å². The number of halogens is 2. The summed E-state index contributed by atoms with van der Waals surface area (Å²) in [6, 6.07) is 19.4. The molecule has 0 saturated carbocycles. The molecule has 4 rings (SSSR count). The van der Waals surface area contributed by atoms with Crippen molar-refractivity contribution in [3.8, 4) is 0 Å². The Morgan fingerprint density at radius 3 is 2.33 bits per heavy atom. The van der Waals surface area contributed by atoms with E-state index in [-0.39, 0.29) is 36.4 Å². The Bertz CT molecular complexity index is 1350. The van der Waals surface area contributed by atoms with E-state index in [9.17, 15) is 18.4 Å². The summed E-state index contributed by atoms with van der Waals surface area (Å²) in [6.07, 6.45) is 2.53. The number of aromatic amines is 1. The molecule has 0 aliphatic rings. The fourth-order valence-corrected chi connectivity index (χ4v) is 4.22. The van der Waals surface area contributed by atoms with E-state index >= 15 is 0 Å². The van der Waals surface area contributed by atoms with Crippen LogP contribution in [0.25, 0.3) is 10.9 Å². The lowest BCUT2D eigenvalue weighted by Crippen LogP contribution is -2.46. The highest BCUT2D eigenvalue weighted by atomic mass is 19.1. The molecule has 2 amide bonds. The molecule has 0 atom stereocenters. The molecule has 0 aliphatic carbocycles. The van der Waals surface area contributed by atoms with Crippen molar-refractivity contribution in [1.29, 1.82) is 0 Å². The maximum atomic E-state index is 14.3. The number of para-hydroxylation sites is 1. The molecular formula is C29H29F2N3O2. The average molecular weight is 490 g/mol. The zero-order valence-corrected chi connectivity index (χ0v) is 20.4. The van der Waals surface area contributed by atoms with Crippen LogP contribution in [0.3, 0.4) is 0 Å². The third-order valence-electron chi connectivity index (χ3n) is 6.26. The first-order valence-corrected chi connectivity index (χ1v) is 12.0. The van der Waals surface area contributed by atoms with Crippen LogP contribution in [0.2, 0.25) is 0 Å². The second-order valence-corrected chi connectivity index (χ2v) is 9.06. The third kappa shape index (κ3) is 5.79. The van der Waals surface area contributed by atoms with Gasteiger partial charge in [-0.3, -0.25) is 9.59 Å². The van der Waals surface area contributed by atoms with Crippen molar-refractivity contribution in [1.82, 2.24) is 14.8 Å². The predicted octanol–water partition coefficient (Wildman–Crippen LogP) is 5.57. The summed E-state index contributed by atoms with van der Waals surface area (Å²) < 4.78 is 27.8. The maximum absolute atomic E-state index is 14.3. The number of H-pyrrole nitrogens is 1. The normalized spacial score (nSPS) is 11.1. The fraction of sp³-hybridized carbons (Fsp3) is 0.241. The summed E-state index contributed by atoms with van der Waals surface area (Å²) in [7, 11) is 0. The van der Waals surface area contributed by atoms with Gasteiger partial charge in [0.25, 0.3) is 5.91 Å². The van der Waals surface area contributed by atoms with E-state index in [0.717, 1.165) is 22.0 Å². The number of carbonyl (C=O) groups excluding carboxylic acids is 2. The Labute approximate surface area is 209 Å². The molecule has 1 heterocycles. The van der Waals surface area contributed by atoms with Gasteiger partial charge in [0.05, 0.1) is 5.56 Å². The first-order chi connectivity index (χ1) is 17.3. The first kappa shape index (κ1) is 25.1. The minimum absolute atomic E-state index is 0.0668. The summed E-state index contributed by atoms with van der Waals surface area (Å²) in [6.45, 7) is 4.06. The largest absolute Gasteiger partial charge is 0.361 e. The van der Waals surface area contributed by atoms with Crippen LogP contribution < -0.4 is 0 Å². The second kappa shape index (κ2) is 11.2. The van der Waals surface area contributed by atoms with Gasteiger partial charge < -0.3 is 14.8 Å². The van der Waals surface area contributed by atoms with E-state index in [1.54, 1.807) is 36.9 Å². The van der Waals surface area contributed by atoms with Crippen LogP contribution in [-0.4, -0.2) is 45.7 Å². The molecule has 0 saturated heterocycles. The number of hydrogen-bond donors (Lipinski definition) is 1. The van der Waals surface area contributed by atoms with Crippen molar-refractivity contribution >= 4 is 22.7 Å². The van der Waals surface area contributed by atoms with E-state index in [1.807, 2.05) is 30.5 Å². The van der Waals surface area contributed by atoms with E-state index in [0.29, 0.717) is 13.0 Å². The van der Waals surface area contributed by atoms with Crippen molar-refractivity contribution in [2.75, 3.05) is 13.1 Å². The average Bonchev–Trinajstić information content (AvgIpc) is 3.29. The van der Waals surface area contributed by atoms with Gasteiger partial charge in [-0.05, 0) is 61.7 Å². The van der Waals surface area contributed by atoms with Gasteiger partial charge >= 0.3 is 0 Å². The van der Waals surface area contributed by atoms with Gasteiger partial charge in [0.15, 0.2) is 0 Å². The molecule has 7 heteroatoms. The number of benzene rings is 3. The first-order valence-electron chi connectivity index (χ1n) is 12.0. The Hall–Kier alpha value is -4.00. The Morgan fingerprint density at radius 1 is 0.917 bits per heavy atom. The molecular weight excluding hydrogens is 460 g/mol. The molecule has 1 aromatic heterocycles. The van der Waals surface area contributed by atoms with Crippen molar-refractivity contribution in [3.05, 3.63) is 107 Å². The number of aromatic nitrogens is 1. The summed E-state index contributed by atoms with van der Waals surface area (Å²) in [5.74, 6) is -1.77. The number of amides is 2. The number of fused-ring (bicyclic) bond motifs is 1. The lowest BCUT2D eigenvalue weighted by molar-refractivity contribution is -0.132. The number of nitrogens with one attached hydrogen (secondary N) is 1. The van der Waals surface area contributed by atoms with Crippen molar-refractivity contribution in [3.63, 3.8) is 0 Å². The minimum Gasteiger partial charge on any atom is -0.361 e. The zero-order chi connectivity index (χ0) is 25.7. The van der Waals surface area contributed by atoms with Crippen molar-refractivity contribution < 1.29 is 18.4 Å². The number of hydrogen-bond acceptors (Lipinski definition) is 2. The van der Waals surface area contributed by atoms with Crippen LogP contribution in [0.5, 0.6) is 0 Å². The van der Waals surface area contributed by atoms with Crippen LogP contribution in [0.4, 0.5) is 8.78 Å². The molecule has 5 nitrogen and oxygen atoms in total. The fourth-order valence-electron chi connectivity index (χ4n) is 4.22. The van der Waals surface area contributed by atoms with Gasteiger partial charge in [-0.2, -0.15) is 0 Å². The standard InChI is InChI=1S/C29H29F2N3O2/c1-20(2)34(29(36)25-8-3-5-9-26(25)31)19-28(35)33(18-21-11-13-23(30)14-12-21)16-15-22-17-32-27-10-6-4-7-24(22)27/h3-14,17,20,32H,15-16,18-19H2,1-2H3. The van der Waals surface area contributed by atoms with Crippen LogP contribution in [0, 0.1) is 11.6 Å². The quantitative estimate of drug-likeness (QED) is 0.334. The molecule has 1 N–H and O–H groups in total. The minimum atomic E-state index is -0.622. The highest BCUT2D eigenvalue weighted by molar-refractivity contribution is 5.97. The second-order valence-electron chi connectivity index (χ2n) is 9.06. The highest BCUT2D eigenvalue weighted by Gasteiger charge is 2.26. The lowest BCUT2D eigenvalue weighted by atomic mass is 10.1. The van der Waals surface area contributed by atoms with Gasteiger partial charge in [0, 0.05) is 36.2 Å². The van der Waals surface area contributed by atoms with E-state index < -0.39 is 11.7 Å². The summed E-state index contributed by atoms with van der Waals surface area (Å²) in [5, 5.41) is 1.09. The molecule has 0 bridgehead atoms. The predicted molar refractivity (Wildman–Crippen MR) is 136 cm³/mol. The number of nitrogens with zero attached hydrogens (tertiary/aromatic N) is 2. The molecule has 0 fully saturated rings. The highest BCUT2D eigenvalue weighted by Crippen LogP contribution is 2.19. The van der Waals surface area contributed by atoms with Crippen molar-refractivity contribution in [2.24, 2.45) is 0 Å². The van der Waals surface area contributed by atoms with Crippen LogP contribution in [0.15, 0.2) is 79.0 Å². The van der Waals surface area contributed by atoms with Crippen LogP contribution >= 0.6 is 0 Å². The molecule has 0 aliphatic heterocycles. The van der Waals surface area contributed by atoms with E-state index in [2.05, 4.69) is 4.98 Å². The molecule has 186 valence electrons. The zero-order valence-electron chi connectivity index (χ0n) is 20.4. The van der Waals surface area contributed by atoms with Gasteiger partial charge in [0.1, 0.15) is 18.2 Å². The van der Waals surface area contributed by atoms with Crippen LogP contribution in [0.1, 0.15) is 35.3 Å². The monoisotopic (exact) mass is 489 g/mol. The molecule has 36 heavy (non-hydrogen) atoms. The Kier molecular flexibility index (Phi) is 7.78.